The first-order valence-electron chi connectivity index (χ1n) is 7.20. The van der Waals surface area contributed by atoms with Gasteiger partial charge < -0.3 is 0 Å². The third-order valence-electron chi connectivity index (χ3n) is 4.29. The second-order valence-corrected chi connectivity index (χ2v) is 6.48. The first-order valence-corrected chi connectivity index (χ1v) is 7.99. The highest BCUT2D eigenvalue weighted by atomic mass is 79.9. The summed E-state index contributed by atoms with van der Waals surface area (Å²) in [5.74, 6) is 6.08. The summed E-state index contributed by atoms with van der Waals surface area (Å²) in [5.41, 5.74) is 5.62. The lowest BCUT2D eigenvalue weighted by Crippen LogP contribution is -2.29. The molecule has 1 fully saturated rings. The van der Waals surface area contributed by atoms with E-state index >= 15 is 0 Å². The Labute approximate surface area is 132 Å². The standard InChI is InChI=1S/C17H18BrFN2/c18-14-8-9-15(16(19)10-14)17(21-20)13-6-4-12(5-7-13)11-2-1-3-11/h4-11,17,21H,1-3,20H2. The van der Waals surface area contributed by atoms with Gasteiger partial charge in [0.1, 0.15) is 5.82 Å². The SMILES string of the molecule is NNC(c1ccc(C2CCC2)cc1)c1ccc(Br)cc1F. The normalized spacial score (nSPS) is 16.5. The van der Waals surface area contributed by atoms with Crippen LogP contribution in [0.2, 0.25) is 0 Å². The largest absolute Gasteiger partial charge is 0.271 e. The molecule has 0 radical (unpaired) electrons. The third-order valence-corrected chi connectivity index (χ3v) is 4.78. The van der Waals surface area contributed by atoms with E-state index in [2.05, 4.69) is 33.5 Å². The van der Waals surface area contributed by atoms with Crippen molar-refractivity contribution in [1.29, 1.82) is 0 Å². The molecule has 110 valence electrons. The average Bonchev–Trinajstić information content (AvgIpc) is 2.42. The number of hydrogen-bond donors (Lipinski definition) is 2. The van der Waals surface area contributed by atoms with Crippen LogP contribution in [0.1, 0.15) is 47.9 Å². The fraction of sp³-hybridized carbons (Fsp3) is 0.294. The van der Waals surface area contributed by atoms with Gasteiger partial charge in [0, 0.05) is 10.0 Å². The van der Waals surface area contributed by atoms with Gasteiger partial charge in [-0.2, -0.15) is 0 Å². The molecule has 1 atom stereocenters. The molecule has 1 saturated carbocycles. The highest BCUT2D eigenvalue weighted by molar-refractivity contribution is 9.10. The van der Waals surface area contributed by atoms with Crippen molar-refractivity contribution in [3.05, 3.63) is 69.4 Å². The third kappa shape index (κ3) is 3.03. The molecule has 2 aromatic rings. The number of hydrogen-bond acceptors (Lipinski definition) is 2. The summed E-state index contributed by atoms with van der Waals surface area (Å²) in [6.45, 7) is 0. The summed E-state index contributed by atoms with van der Waals surface area (Å²) < 4.78 is 14.8. The minimum absolute atomic E-state index is 0.268. The highest BCUT2D eigenvalue weighted by Gasteiger charge is 2.21. The lowest BCUT2D eigenvalue weighted by atomic mass is 9.79. The van der Waals surface area contributed by atoms with E-state index in [-0.39, 0.29) is 11.9 Å². The minimum atomic E-state index is -0.339. The predicted molar refractivity (Wildman–Crippen MR) is 86.3 cm³/mol. The molecule has 21 heavy (non-hydrogen) atoms. The van der Waals surface area contributed by atoms with Crippen LogP contribution < -0.4 is 11.3 Å². The van der Waals surface area contributed by atoms with E-state index in [1.165, 1.54) is 30.9 Å². The van der Waals surface area contributed by atoms with Crippen LogP contribution in [0.3, 0.4) is 0 Å². The lowest BCUT2D eigenvalue weighted by Gasteiger charge is -2.26. The summed E-state index contributed by atoms with van der Waals surface area (Å²) in [6, 6.07) is 13.1. The van der Waals surface area contributed by atoms with Gasteiger partial charge in [0.15, 0.2) is 0 Å². The van der Waals surface area contributed by atoms with Crippen LogP contribution in [0, 0.1) is 5.82 Å². The number of halogens is 2. The van der Waals surface area contributed by atoms with Crippen LogP contribution in [0.25, 0.3) is 0 Å². The molecule has 0 aromatic heterocycles. The van der Waals surface area contributed by atoms with Gasteiger partial charge >= 0.3 is 0 Å². The van der Waals surface area contributed by atoms with Gasteiger partial charge in [-0.25, -0.2) is 9.82 Å². The second kappa shape index (κ2) is 6.26. The van der Waals surface area contributed by atoms with Crippen LogP contribution in [0.5, 0.6) is 0 Å². The molecule has 3 N–H and O–H groups in total. The topological polar surface area (TPSA) is 38.0 Å². The van der Waals surface area contributed by atoms with Crippen molar-refractivity contribution in [3.63, 3.8) is 0 Å². The smallest absolute Gasteiger partial charge is 0.129 e. The van der Waals surface area contributed by atoms with Crippen LogP contribution in [0.15, 0.2) is 46.9 Å². The van der Waals surface area contributed by atoms with Gasteiger partial charge in [0.05, 0.1) is 6.04 Å². The van der Waals surface area contributed by atoms with E-state index in [0.29, 0.717) is 11.5 Å². The van der Waals surface area contributed by atoms with E-state index in [9.17, 15) is 4.39 Å². The van der Waals surface area contributed by atoms with Crippen molar-refractivity contribution in [3.8, 4) is 0 Å². The first kappa shape index (κ1) is 14.7. The van der Waals surface area contributed by atoms with E-state index < -0.39 is 0 Å². The van der Waals surface area contributed by atoms with Gasteiger partial charge in [-0.1, -0.05) is 52.7 Å². The Balaban J connectivity index is 1.88. The molecular formula is C17H18BrFN2. The molecule has 0 spiro atoms. The molecule has 0 heterocycles. The fourth-order valence-corrected chi connectivity index (χ4v) is 3.14. The Bertz CT molecular complexity index is 623. The zero-order valence-electron chi connectivity index (χ0n) is 11.7. The summed E-state index contributed by atoms with van der Waals surface area (Å²) in [6.07, 6.45) is 3.88. The van der Waals surface area contributed by atoms with Crippen molar-refractivity contribution in [1.82, 2.24) is 5.43 Å². The Morgan fingerprint density at radius 2 is 1.86 bits per heavy atom. The van der Waals surface area contributed by atoms with Crippen molar-refractivity contribution in [2.24, 2.45) is 5.84 Å². The quantitative estimate of drug-likeness (QED) is 0.634. The first-order chi connectivity index (χ1) is 10.2. The zero-order chi connectivity index (χ0) is 14.8. The zero-order valence-corrected chi connectivity index (χ0v) is 13.2. The van der Waals surface area contributed by atoms with E-state index in [4.69, 9.17) is 5.84 Å². The van der Waals surface area contributed by atoms with E-state index in [1.807, 2.05) is 18.2 Å². The summed E-state index contributed by atoms with van der Waals surface area (Å²) in [7, 11) is 0. The number of rotatable bonds is 4. The molecule has 3 rings (SSSR count). The molecule has 1 unspecified atom stereocenters. The average molecular weight is 349 g/mol. The van der Waals surface area contributed by atoms with Gasteiger partial charge in [-0.05, 0) is 42.0 Å². The maximum Gasteiger partial charge on any atom is 0.129 e. The van der Waals surface area contributed by atoms with Crippen molar-refractivity contribution in [2.75, 3.05) is 0 Å². The highest BCUT2D eigenvalue weighted by Crippen LogP contribution is 2.37. The van der Waals surface area contributed by atoms with Crippen LogP contribution in [-0.4, -0.2) is 0 Å². The van der Waals surface area contributed by atoms with Gasteiger partial charge in [-0.3, -0.25) is 5.84 Å². The van der Waals surface area contributed by atoms with Crippen LogP contribution in [-0.2, 0) is 0 Å². The molecule has 0 amide bonds. The summed E-state index contributed by atoms with van der Waals surface area (Å²) >= 11 is 3.27. The van der Waals surface area contributed by atoms with Crippen molar-refractivity contribution >= 4 is 15.9 Å². The molecule has 1 aliphatic carbocycles. The lowest BCUT2D eigenvalue weighted by molar-refractivity contribution is 0.419. The Hall–Kier alpha value is -1.23. The maximum atomic E-state index is 14.1. The van der Waals surface area contributed by atoms with Crippen LogP contribution in [0.4, 0.5) is 4.39 Å². The molecular weight excluding hydrogens is 331 g/mol. The number of hydrazine groups is 1. The Kier molecular flexibility index (Phi) is 4.38. The van der Waals surface area contributed by atoms with Gasteiger partial charge in [0.25, 0.3) is 0 Å². The molecule has 0 aliphatic heterocycles. The monoisotopic (exact) mass is 348 g/mol. The predicted octanol–water partition coefficient (Wildman–Crippen LogP) is 4.41. The molecule has 4 heteroatoms. The number of benzene rings is 2. The summed E-state index contributed by atoms with van der Waals surface area (Å²) in [5, 5.41) is 0. The van der Waals surface area contributed by atoms with E-state index in [1.54, 1.807) is 6.07 Å². The molecule has 1 aliphatic rings. The number of nitrogens with one attached hydrogen (secondary N) is 1. The summed E-state index contributed by atoms with van der Waals surface area (Å²) in [4.78, 5) is 0. The van der Waals surface area contributed by atoms with E-state index in [0.717, 1.165) is 10.0 Å². The van der Waals surface area contributed by atoms with Gasteiger partial charge in [-0.15, -0.1) is 0 Å². The number of nitrogens with two attached hydrogens (primary N) is 1. The Morgan fingerprint density at radius 3 is 2.38 bits per heavy atom. The van der Waals surface area contributed by atoms with Crippen molar-refractivity contribution < 1.29 is 4.39 Å². The van der Waals surface area contributed by atoms with Crippen LogP contribution >= 0.6 is 15.9 Å². The maximum absolute atomic E-state index is 14.1. The molecule has 0 bridgehead atoms. The molecule has 0 saturated heterocycles. The second-order valence-electron chi connectivity index (χ2n) is 5.56. The fourth-order valence-electron chi connectivity index (χ4n) is 2.80. The minimum Gasteiger partial charge on any atom is -0.271 e. The van der Waals surface area contributed by atoms with Crippen molar-refractivity contribution in [2.45, 2.75) is 31.2 Å². The molecule has 2 nitrogen and oxygen atoms in total. The van der Waals surface area contributed by atoms with Gasteiger partial charge in [0.2, 0.25) is 0 Å². The Morgan fingerprint density at radius 1 is 1.14 bits per heavy atom. The molecule has 2 aromatic carbocycles.